The highest BCUT2D eigenvalue weighted by Crippen LogP contribution is 2.16. The lowest BCUT2D eigenvalue weighted by Gasteiger charge is -2.06. The predicted octanol–water partition coefficient (Wildman–Crippen LogP) is 1.55. The number of nitrogens with one attached hydrogen (secondary N) is 1. The number of rotatable bonds is 6. The van der Waals surface area contributed by atoms with Crippen LogP contribution in [0, 0.1) is 0 Å². The van der Waals surface area contributed by atoms with Crippen molar-refractivity contribution >= 4 is 21.3 Å². The maximum atomic E-state index is 12.4. The van der Waals surface area contributed by atoms with Crippen molar-refractivity contribution in [2.45, 2.75) is 5.16 Å². The molecule has 0 unspecified atom stereocenters. The van der Waals surface area contributed by atoms with Crippen LogP contribution in [0.25, 0.3) is 5.52 Å². The Morgan fingerprint density at radius 1 is 1.16 bits per heavy atom. The summed E-state index contributed by atoms with van der Waals surface area (Å²) in [6.07, 6.45) is 2.62. The first-order valence-corrected chi connectivity index (χ1v) is 9.49. The van der Waals surface area contributed by atoms with E-state index in [1.54, 1.807) is 24.4 Å². The van der Waals surface area contributed by atoms with Crippen molar-refractivity contribution in [2.24, 2.45) is 0 Å². The van der Waals surface area contributed by atoms with E-state index in [4.69, 9.17) is 4.74 Å². The molecule has 1 N–H and O–H groups in total. The molecular weight excluding hydrogens is 342 g/mol. The number of carbonyl (C=O) groups excluding carboxylic acids is 1. The summed E-state index contributed by atoms with van der Waals surface area (Å²) < 4.78 is 30.6. The van der Waals surface area contributed by atoms with Crippen molar-refractivity contribution in [2.75, 3.05) is 19.4 Å². The molecule has 2 aromatic heterocycles. The average molecular weight is 359 g/mol. The first-order valence-electron chi connectivity index (χ1n) is 7.60. The molecule has 3 aromatic rings. The summed E-state index contributed by atoms with van der Waals surface area (Å²) >= 11 is 0. The van der Waals surface area contributed by atoms with Crippen molar-refractivity contribution in [1.29, 1.82) is 0 Å². The van der Waals surface area contributed by atoms with Gasteiger partial charge in [0.15, 0.2) is 5.69 Å². The van der Waals surface area contributed by atoms with Crippen LogP contribution in [-0.2, 0) is 9.84 Å². The zero-order valence-corrected chi connectivity index (χ0v) is 14.4. The van der Waals surface area contributed by atoms with Crippen molar-refractivity contribution in [3.05, 3.63) is 60.4 Å². The Morgan fingerprint density at radius 2 is 1.88 bits per heavy atom. The molecule has 7 nitrogen and oxygen atoms in total. The Hall–Kier alpha value is -2.87. The van der Waals surface area contributed by atoms with Crippen molar-refractivity contribution < 1.29 is 17.9 Å². The number of hydrogen-bond acceptors (Lipinski definition) is 5. The van der Waals surface area contributed by atoms with Crippen LogP contribution in [0.4, 0.5) is 0 Å². The fourth-order valence-electron chi connectivity index (χ4n) is 2.37. The molecule has 3 rings (SSSR count). The minimum atomic E-state index is -3.56. The Kier molecular flexibility index (Phi) is 4.71. The van der Waals surface area contributed by atoms with E-state index >= 15 is 0 Å². The van der Waals surface area contributed by atoms with Crippen LogP contribution < -0.4 is 10.1 Å². The monoisotopic (exact) mass is 359 g/mol. The molecule has 0 aliphatic carbocycles. The van der Waals surface area contributed by atoms with E-state index in [0.717, 1.165) is 6.26 Å². The Balaban J connectivity index is 1.72. The number of hydrogen-bond donors (Lipinski definition) is 1. The third-order valence-corrected chi connectivity index (χ3v) is 4.41. The second kappa shape index (κ2) is 6.94. The SMILES string of the molecule is CS(=O)(=O)c1nc(C(=O)NCCOc2ccccc2)c2ccccn12. The summed E-state index contributed by atoms with van der Waals surface area (Å²) in [5, 5.41) is 2.53. The molecule has 0 atom stereocenters. The van der Waals surface area contributed by atoms with Gasteiger partial charge < -0.3 is 10.1 Å². The van der Waals surface area contributed by atoms with Crippen molar-refractivity contribution in [1.82, 2.24) is 14.7 Å². The van der Waals surface area contributed by atoms with E-state index < -0.39 is 15.7 Å². The highest BCUT2D eigenvalue weighted by molar-refractivity contribution is 7.90. The summed E-state index contributed by atoms with van der Waals surface area (Å²) in [4.78, 5) is 16.4. The standard InChI is InChI=1S/C17H17N3O4S/c1-25(22,23)17-19-15(14-9-5-6-11-20(14)17)16(21)18-10-12-24-13-7-3-2-4-8-13/h2-9,11H,10,12H2,1H3,(H,18,21). The third kappa shape index (κ3) is 3.80. The molecular formula is C17H17N3O4S. The number of amides is 1. The van der Waals surface area contributed by atoms with Crippen LogP contribution >= 0.6 is 0 Å². The maximum absolute atomic E-state index is 12.4. The van der Waals surface area contributed by atoms with Crippen LogP contribution in [0.5, 0.6) is 5.75 Å². The number of aromatic nitrogens is 2. The quantitative estimate of drug-likeness (QED) is 0.675. The van der Waals surface area contributed by atoms with Crippen LogP contribution in [0.2, 0.25) is 0 Å². The number of para-hydroxylation sites is 1. The van der Waals surface area contributed by atoms with Gasteiger partial charge in [0.1, 0.15) is 12.4 Å². The Morgan fingerprint density at radius 3 is 2.60 bits per heavy atom. The number of sulfone groups is 1. The van der Waals surface area contributed by atoms with E-state index in [9.17, 15) is 13.2 Å². The van der Waals surface area contributed by atoms with Crippen LogP contribution in [-0.4, -0.2) is 43.1 Å². The molecule has 0 spiro atoms. The van der Waals surface area contributed by atoms with Crippen LogP contribution in [0.15, 0.2) is 59.9 Å². The average Bonchev–Trinajstić information content (AvgIpc) is 2.99. The molecule has 0 radical (unpaired) electrons. The maximum Gasteiger partial charge on any atom is 0.272 e. The lowest BCUT2D eigenvalue weighted by atomic mass is 10.3. The molecule has 130 valence electrons. The highest BCUT2D eigenvalue weighted by atomic mass is 32.2. The van der Waals surface area contributed by atoms with E-state index in [1.165, 1.54) is 4.40 Å². The number of pyridine rings is 1. The Bertz CT molecular complexity index is 997. The summed E-state index contributed by atoms with van der Waals surface area (Å²) in [7, 11) is -3.56. The van der Waals surface area contributed by atoms with Crippen LogP contribution in [0.3, 0.4) is 0 Å². The third-order valence-electron chi connectivity index (χ3n) is 3.46. The topological polar surface area (TPSA) is 89.8 Å². The highest BCUT2D eigenvalue weighted by Gasteiger charge is 2.22. The first-order chi connectivity index (χ1) is 12.0. The van der Waals surface area contributed by atoms with Gasteiger partial charge in [-0.15, -0.1) is 0 Å². The molecule has 1 amide bonds. The molecule has 0 saturated heterocycles. The minimum absolute atomic E-state index is 0.0701. The largest absolute Gasteiger partial charge is 0.492 e. The van der Waals surface area contributed by atoms with Crippen LogP contribution in [0.1, 0.15) is 10.5 Å². The lowest BCUT2D eigenvalue weighted by molar-refractivity contribution is 0.0944. The van der Waals surface area contributed by atoms with Gasteiger partial charge in [0.2, 0.25) is 15.0 Å². The zero-order valence-electron chi connectivity index (χ0n) is 13.5. The number of carbonyl (C=O) groups is 1. The van der Waals surface area contributed by atoms with Gasteiger partial charge in [-0.2, -0.15) is 0 Å². The molecule has 0 bridgehead atoms. The van der Waals surface area contributed by atoms with Crippen molar-refractivity contribution in [3.63, 3.8) is 0 Å². The van der Waals surface area contributed by atoms with Gasteiger partial charge in [-0.1, -0.05) is 24.3 Å². The smallest absolute Gasteiger partial charge is 0.272 e. The normalized spacial score (nSPS) is 11.4. The second-order valence-electron chi connectivity index (χ2n) is 5.39. The summed E-state index contributed by atoms with van der Waals surface area (Å²) in [6, 6.07) is 14.3. The molecule has 8 heteroatoms. The van der Waals surface area contributed by atoms with E-state index in [1.807, 2.05) is 30.3 Å². The fraction of sp³-hybridized carbons (Fsp3) is 0.176. The predicted molar refractivity (Wildman–Crippen MR) is 92.6 cm³/mol. The number of fused-ring (bicyclic) bond motifs is 1. The number of benzene rings is 1. The summed E-state index contributed by atoms with van der Waals surface area (Å²) in [6.45, 7) is 0.564. The second-order valence-corrected chi connectivity index (χ2v) is 7.30. The Labute approximate surface area is 145 Å². The molecule has 1 aromatic carbocycles. The summed E-state index contributed by atoms with van der Waals surface area (Å²) in [5.41, 5.74) is 0.505. The van der Waals surface area contributed by atoms with E-state index in [-0.39, 0.29) is 17.4 Å². The number of nitrogens with zero attached hydrogens (tertiary/aromatic N) is 2. The molecule has 0 aliphatic rings. The van der Waals surface area contributed by atoms with Crippen molar-refractivity contribution in [3.8, 4) is 5.75 Å². The zero-order chi connectivity index (χ0) is 17.9. The van der Waals surface area contributed by atoms with Gasteiger partial charge in [0.05, 0.1) is 12.1 Å². The van der Waals surface area contributed by atoms with Gasteiger partial charge in [0.25, 0.3) is 5.91 Å². The van der Waals surface area contributed by atoms with E-state index in [0.29, 0.717) is 17.9 Å². The summed E-state index contributed by atoms with van der Waals surface area (Å²) in [5.74, 6) is 0.263. The van der Waals surface area contributed by atoms with Gasteiger partial charge in [0, 0.05) is 12.5 Å². The minimum Gasteiger partial charge on any atom is -0.492 e. The number of ether oxygens (including phenoxy) is 1. The van der Waals surface area contributed by atoms with Gasteiger partial charge in [-0.25, -0.2) is 13.4 Å². The van der Waals surface area contributed by atoms with Gasteiger partial charge in [-0.3, -0.25) is 9.20 Å². The lowest BCUT2D eigenvalue weighted by Crippen LogP contribution is -2.28. The molecule has 0 aliphatic heterocycles. The van der Waals surface area contributed by atoms with Gasteiger partial charge in [-0.05, 0) is 24.3 Å². The number of imidazole rings is 1. The molecule has 25 heavy (non-hydrogen) atoms. The molecule has 0 fully saturated rings. The molecule has 2 heterocycles. The fourth-order valence-corrected chi connectivity index (χ4v) is 3.15. The van der Waals surface area contributed by atoms with Gasteiger partial charge >= 0.3 is 0 Å². The first kappa shape index (κ1) is 17.0. The van der Waals surface area contributed by atoms with E-state index in [2.05, 4.69) is 10.3 Å². The molecule has 0 saturated carbocycles.